The Labute approximate surface area is 204 Å². The SMILES string of the molecule is CCOc1ccc(-c2noc(CN3C(=O)N(CC4CCCO4)C(=O)C4CCCCC43)n2)cc1OC. The minimum Gasteiger partial charge on any atom is -0.493 e. The van der Waals surface area contributed by atoms with Gasteiger partial charge in [0.25, 0.3) is 0 Å². The Morgan fingerprint density at radius 2 is 1.97 bits per heavy atom. The monoisotopic (exact) mass is 484 g/mol. The highest BCUT2D eigenvalue weighted by Crippen LogP contribution is 2.36. The number of aromatic nitrogens is 2. The van der Waals surface area contributed by atoms with Gasteiger partial charge in [-0.3, -0.25) is 9.69 Å². The van der Waals surface area contributed by atoms with Gasteiger partial charge in [-0.2, -0.15) is 4.98 Å². The van der Waals surface area contributed by atoms with Gasteiger partial charge < -0.3 is 23.6 Å². The molecule has 0 N–H and O–H groups in total. The Morgan fingerprint density at radius 3 is 2.74 bits per heavy atom. The number of amides is 3. The zero-order valence-corrected chi connectivity index (χ0v) is 20.3. The quantitative estimate of drug-likeness (QED) is 0.559. The minimum atomic E-state index is -0.295. The summed E-state index contributed by atoms with van der Waals surface area (Å²) in [5, 5.41) is 4.13. The summed E-state index contributed by atoms with van der Waals surface area (Å²) in [5.74, 6) is 1.69. The molecule has 0 radical (unpaired) electrons. The number of benzene rings is 1. The number of hydrogen-bond donors (Lipinski definition) is 0. The molecule has 1 saturated carbocycles. The summed E-state index contributed by atoms with van der Waals surface area (Å²) in [5.41, 5.74) is 0.719. The van der Waals surface area contributed by atoms with Crippen molar-refractivity contribution in [2.75, 3.05) is 26.9 Å². The zero-order valence-electron chi connectivity index (χ0n) is 20.3. The second-order valence-corrected chi connectivity index (χ2v) is 9.26. The molecule has 3 amide bonds. The van der Waals surface area contributed by atoms with E-state index < -0.39 is 0 Å². The third-order valence-corrected chi connectivity index (χ3v) is 7.10. The van der Waals surface area contributed by atoms with E-state index in [-0.39, 0.29) is 36.5 Å². The zero-order chi connectivity index (χ0) is 24.4. The van der Waals surface area contributed by atoms with Crippen molar-refractivity contribution in [2.45, 2.75) is 64.1 Å². The first-order valence-corrected chi connectivity index (χ1v) is 12.5. The van der Waals surface area contributed by atoms with Crippen LogP contribution in [-0.2, 0) is 16.1 Å². The molecule has 3 atom stereocenters. The highest BCUT2D eigenvalue weighted by molar-refractivity contribution is 5.98. The average molecular weight is 485 g/mol. The first kappa shape index (κ1) is 23.6. The van der Waals surface area contributed by atoms with Crippen molar-refractivity contribution in [1.82, 2.24) is 19.9 Å². The van der Waals surface area contributed by atoms with Gasteiger partial charge in [0.1, 0.15) is 6.54 Å². The van der Waals surface area contributed by atoms with E-state index in [4.69, 9.17) is 18.7 Å². The Morgan fingerprint density at radius 1 is 1.11 bits per heavy atom. The summed E-state index contributed by atoms with van der Waals surface area (Å²) < 4.78 is 22.3. The van der Waals surface area contributed by atoms with Crippen LogP contribution in [0.5, 0.6) is 11.5 Å². The van der Waals surface area contributed by atoms with Crippen LogP contribution in [0.4, 0.5) is 4.79 Å². The van der Waals surface area contributed by atoms with E-state index in [1.54, 1.807) is 18.1 Å². The number of hydrogen-bond acceptors (Lipinski definition) is 8. The van der Waals surface area contributed by atoms with Crippen LogP contribution < -0.4 is 9.47 Å². The first-order valence-electron chi connectivity index (χ1n) is 12.5. The summed E-state index contributed by atoms with van der Waals surface area (Å²) in [6, 6.07) is 5.00. The number of ether oxygens (including phenoxy) is 3. The molecule has 2 aromatic rings. The van der Waals surface area contributed by atoms with Crippen LogP contribution >= 0.6 is 0 Å². The predicted octanol–water partition coefficient (Wildman–Crippen LogP) is 3.65. The molecule has 3 aliphatic rings. The van der Waals surface area contributed by atoms with E-state index >= 15 is 0 Å². The standard InChI is InChI=1S/C25H32N4O6/c1-3-33-20-11-10-16(13-21(20)32-2)23-26-22(35-27-23)15-28-19-9-5-4-8-18(19)24(30)29(25(28)31)14-17-7-6-12-34-17/h10-11,13,17-19H,3-9,12,14-15H2,1-2H3. The van der Waals surface area contributed by atoms with Gasteiger partial charge in [0.2, 0.25) is 17.6 Å². The molecule has 0 bridgehead atoms. The molecule has 1 aromatic carbocycles. The Hall–Kier alpha value is -3.14. The van der Waals surface area contributed by atoms with Gasteiger partial charge in [0, 0.05) is 18.2 Å². The fraction of sp³-hybridized carbons (Fsp3) is 0.600. The molecular formula is C25H32N4O6. The Bertz CT molecular complexity index is 1070. The number of fused-ring (bicyclic) bond motifs is 1. The lowest BCUT2D eigenvalue weighted by Crippen LogP contribution is -2.63. The third kappa shape index (κ3) is 4.71. The predicted molar refractivity (Wildman–Crippen MR) is 125 cm³/mol. The molecule has 10 nitrogen and oxygen atoms in total. The van der Waals surface area contributed by atoms with E-state index in [1.807, 2.05) is 19.1 Å². The first-order chi connectivity index (χ1) is 17.1. The van der Waals surface area contributed by atoms with E-state index in [0.717, 1.165) is 44.1 Å². The maximum absolute atomic E-state index is 13.5. The Balaban J connectivity index is 1.36. The van der Waals surface area contributed by atoms with Crippen molar-refractivity contribution < 1.29 is 28.3 Å². The lowest BCUT2D eigenvalue weighted by Gasteiger charge is -2.46. The normalized spacial score (nSPS) is 24.6. The molecule has 3 fully saturated rings. The van der Waals surface area contributed by atoms with E-state index in [2.05, 4.69) is 10.1 Å². The van der Waals surface area contributed by atoms with Crippen LogP contribution in [0.2, 0.25) is 0 Å². The van der Waals surface area contributed by atoms with Crippen LogP contribution in [0.3, 0.4) is 0 Å². The summed E-state index contributed by atoms with van der Waals surface area (Å²) in [6.45, 7) is 3.58. The molecule has 2 saturated heterocycles. The number of imide groups is 1. The number of carbonyl (C=O) groups excluding carboxylic acids is 2. The Kier molecular flexibility index (Phi) is 6.90. The van der Waals surface area contributed by atoms with Gasteiger partial charge in [0.15, 0.2) is 11.5 Å². The molecule has 188 valence electrons. The summed E-state index contributed by atoms with van der Waals surface area (Å²) in [4.78, 5) is 34.4. The number of urea groups is 1. The largest absolute Gasteiger partial charge is 0.493 e. The summed E-state index contributed by atoms with van der Waals surface area (Å²) in [6.07, 6.45) is 5.30. The molecule has 35 heavy (non-hydrogen) atoms. The molecule has 3 heterocycles. The van der Waals surface area contributed by atoms with Crippen molar-refractivity contribution >= 4 is 11.9 Å². The molecule has 5 rings (SSSR count). The van der Waals surface area contributed by atoms with Crippen molar-refractivity contribution in [3.05, 3.63) is 24.1 Å². The van der Waals surface area contributed by atoms with E-state index in [1.165, 1.54) is 4.90 Å². The van der Waals surface area contributed by atoms with Crippen LogP contribution in [-0.4, -0.2) is 70.9 Å². The molecule has 0 spiro atoms. The molecule has 1 aliphatic carbocycles. The average Bonchev–Trinajstić information content (AvgIpc) is 3.57. The van der Waals surface area contributed by atoms with Gasteiger partial charge in [-0.05, 0) is 50.8 Å². The van der Waals surface area contributed by atoms with Crippen molar-refractivity contribution in [3.63, 3.8) is 0 Å². The maximum atomic E-state index is 13.5. The maximum Gasteiger partial charge on any atom is 0.327 e. The molecular weight excluding hydrogens is 452 g/mol. The van der Waals surface area contributed by atoms with E-state index in [0.29, 0.717) is 43.0 Å². The van der Waals surface area contributed by atoms with Crippen molar-refractivity contribution in [2.24, 2.45) is 5.92 Å². The lowest BCUT2D eigenvalue weighted by molar-refractivity contribution is -0.142. The van der Waals surface area contributed by atoms with Gasteiger partial charge in [-0.1, -0.05) is 18.0 Å². The number of carbonyl (C=O) groups is 2. The van der Waals surface area contributed by atoms with Crippen molar-refractivity contribution in [1.29, 1.82) is 0 Å². The second kappa shape index (κ2) is 10.2. The molecule has 10 heteroatoms. The fourth-order valence-electron chi connectivity index (χ4n) is 5.37. The van der Waals surface area contributed by atoms with E-state index in [9.17, 15) is 9.59 Å². The van der Waals surface area contributed by atoms with Gasteiger partial charge in [-0.15, -0.1) is 0 Å². The van der Waals surface area contributed by atoms with Gasteiger partial charge >= 0.3 is 6.03 Å². The smallest absolute Gasteiger partial charge is 0.327 e. The fourth-order valence-corrected chi connectivity index (χ4v) is 5.37. The second-order valence-electron chi connectivity index (χ2n) is 9.26. The van der Waals surface area contributed by atoms with Crippen LogP contribution in [0.25, 0.3) is 11.4 Å². The number of rotatable bonds is 8. The molecule has 2 aliphatic heterocycles. The van der Waals surface area contributed by atoms with Crippen LogP contribution in [0.15, 0.2) is 22.7 Å². The van der Waals surface area contributed by atoms with Gasteiger partial charge in [-0.25, -0.2) is 4.79 Å². The lowest BCUT2D eigenvalue weighted by atomic mass is 9.81. The number of methoxy groups -OCH3 is 1. The highest BCUT2D eigenvalue weighted by atomic mass is 16.5. The summed E-state index contributed by atoms with van der Waals surface area (Å²) >= 11 is 0. The van der Waals surface area contributed by atoms with Crippen LogP contribution in [0, 0.1) is 5.92 Å². The third-order valence-electron chi connectivity index (χ3n) is 7.10. The summed E-state index contributed by atoms with van der Waals surface area (Å²) in [7, 11) is 1.58. The minimum absolute atomic E-state index is 0.0702. The molecule has 1 aromatic heterocycles. The van der Waals surface area contributed by atoms with Crippen LogP contribution in [0.1, 0.15) is 51.3 Å². The topological polar surface area (TPSA) is 107 Å². The number of nitrogens with zero attached hydrogens (tertiary/aromatic N) is 4. The van der Waals surface area contributed by atoms with Gasteiger partial charge in [0.05, 0.1) is 32.3 Å². The molecule has 3 unspecified atom stereocenters. The highest BCUT2D eigenvalue weighted by Gasteiger charge is 2.48. The van der Waals surface area contributed by atoms with Crippen molar-refractivity contribution in [3.8, 4) is 22.9 Å².